The Morgan fingerprint density at radius 2 is 1.92 bits per heavy atom. The largest absolute Gasteiger partial charge is 0.549 e. The lowest BCUT2D eigenvalue weighted by molar-refractivity contribution is -0.138. The van der Waals surface area contributed by atoms with Crippen LogP contribution in [0.4, 0.5) is 0 Å². The van der Waals surface area contributed by atoms with E-state index in [1.54, 1.807) is 13.3 Å². The molecule has 2 aliphatic carbocycles. The van der Waals surface area contributed by atoms with E-state index in [2.05, 4.69) is 39.9 Å². The molecule has 132 valence electrons. The van der Waals surface area contributed by atoms with Gasteiger partial charge in [0.05, 0.1) is 18.1 Å². The summed E-state index contributed by atoms with van der Waals surface area (Å²) in [4.78, 5) is 26.6. The lowest BCUT2D eigenvalue weighted by Crippen LogP contribution is -2.39. The molecule has 1 heterocycles. The van der Waals surface area contributed by atoms with Crippen molar-refractivity contribution in [2.24, 2.45) is 17.8 Å². The molecule has 0 aromatic rings. The first kappa shape index (κ1) is 17.5. The molecule has 1 aliphatic heterocycles. The Kier molecular flexibility index (Phi) is 4.06. The summed E-state index contributed by atoms with van der Waals surface area (Å²) >= 11 is 0. The fourth-order valence-electron chi connectivity index (χ4n) is 3.88. The minimum Gasteiger partial charge on any atom is -0.549 e. The summed E-state index contributed by atoms with van der Waals surface area (Å²) in [6, 6.07) is 0. The molecule has 1 saturated heterocycles. The highest BCUT2D eigenvalue weighted by Crippen LogP contribution is 2.50. The molecule has 3 rings (SSSR count). The van der Waals surface area contributed by atoms with Crippen molar-refractivity contribution in [3.8, 4) is 0 Å². The first-order valence-electron chi connectivity index (χ1n) is 8.94. The zero-order valence-corrected chi connectivity index (χ0v) is 16.7. The number of amides is 2. The van der Waals surface area contributed by atoms with Gasteiger partial charge < -0.3 is 4.43 Å². The van der Waals surface area contributed by atoms with Gasteiger partial charge in [-0.3, -0.25) is 14.5 Å². The molecule has 0 aromatic heterocycles. The summed E-state index contributed by atoms with van der Waals surface area (Å²) in [6.45, 7) is 11.0. The van der Waals surface area contributed by atoms with E-state index in [1.165, 1.54) is 10.5 Å². The topological polar surface area (TPSA) is 46.6 Å². The number of carbonyl (C=O) groups excluding carboxylic acids is 2. The van der Waals surface area contributed by atoms with Gasteiger partial charge >= 0.3 is 0 Å². The van der Waals surface area contributed by atoms with Gasteiger partial charge in [-0.25, -0.2) is 0 Å². The molecular formula is C19H29NO3Si. The second-order valence-corrected chi connectivity index (χ2v) is 13.7. The highest BCUT2D eigenvalue weighted by atomic mass is 28.4. The molecule has 4 nitrogen and oxygen atoms in total. The Morgan fingerprint density at radius 3 is 2.54 bits per heavy atom. The van der Waals surface area contributed by atoms with Crippen LogP contribution in [0, 0.1) is 17.8 Å². The number of nitrogens with zero attached hydrogens (tertiary/aromatic N) is 1. The van der Waals surface area contributed by atoms with Crippen LogP contribution in [0.15, 0.2) is 23.5 Å². The molecule has 1 unspecified atom stereocenters. The van der Waals surface area contributed by atoms with E-state index in [-0.39, 0.29) is 34.6 Å². The molecule has 0 N–H and O–H groups in total. The van der Waals surface area contributed by atoms with Gasteiger partial charge in [0.2, 0.25) is 20.1 Å². The van der Waals surface area contributed by atoms with Gasteiger partial charge in [-0.2, -0.15) is 0 Å². The summed E-state index contributed by atoms with van der Waals surface area (Å²) in [6.07, 6.45) is 7.13. The minimum absolute atomic E-state index is 0.0132. The van der Waals surface area contributed by atoms with Crippen molar-refractivity contribution in [2.75, 3.05) is 7.05 Å². The summed E-state index contributed by atoms with van der Waals surface area (Å²) in [5.41, 5.74) is 2.23. The van der Waals surface area contributed by atoms with Gasteiger partial charge in [0.25, 0.3) is 0 Å². The SMILES string of the molecule is CN1C(=O)[C@@H]2/C(=C\O[Si](C)(C)C(C)(C)C)C=C3CCCC3[C@H]2C1=O. The predicted molar refractivity (Wildman–Crippen MR) is 96.5 cm³/mol. The third kappa shape index (κ3) is 2.57. The third-order valence-electron chi connectivity index (χ3n) is 6.47. The van der Waals surface area contributed by atoms with Crippen molar-refractivity contribution in [1.29, 1.82) is 0 Å². The van der Waals surface area contributed by atoms with E-state index in [0.29, 0.717) is 0 Å². The number of likely N-dealkylation sites (tertiary alicyclic amines) is 1. The van der Waals surface area contributed by atoms with Crippen LogP contribution in [0.3, 0.4) is 0 Å². The lowest BCUT2D eigenvalue weighted by atomic mass is 9.72. The van der Waals surface area contributed by atoms with Gasteiger partial charge in [-0.15, -0.1) is 0 Å². The molecule has 24 heavy (non-hydrogen) atoms. The van der Waals surface area contributed by atoms with E-state index in [0.717, 1.165) is 24.8 Å². The van der Waals surface area contributed by atoms with Crippen molar-refractivity contribution < 1.29 is 14.0 Å². The van der Waals surface area contributed by atoms with Gasteiger partial charge in [0.15, 0.2) is 0 Å². The normalized spacial score (nSPS) is 32.1. The van der Waals surface area contributed by atoms with E-state index in [4.69, 9.17) is 4.43 Å². The molecule has 2 amide bonds. The first-order chi connectivity index (χ1) is 11.0. The van der Waals surface area contributed by atoms with E-state index >= 15 is 0 Å². The number of hydrogen-bond donors (Lipinski definition) is 0. The van der Waals surface area contributed by atoms with E-state index in [1.807, 2.05) is 0 Å². The van der Waals surface area contributed by atoms with Crippen LogP contribution in [0.1, 0.15) is 40.0 Å². The average molecular weight is 348 g/mol. The van der Waals surface area contributed by atoms with Gasteiger partial charge in [-0.1, -0.05) is 32.4 Å². The first-order valence-corrected chi connectivity index (χ1v) is 11.8. The number of hydrogen-bond acceptors (Lipinski definition) is 3. The Morgan fingerprint density at radius 1 is 1.25 bits per heavy atom. The highest BCUT2D eigenvalue weighted by molar-refractivity contribution is 6.74. The second kappa shape index (κ2) is 5.58. The second-order valence-electron chi connectivity index (χ2n) is 8.95. The standard InChI is InChI=1S/C19H29NO3Si/c1-19(2,3)24(5,6)23-11-13-10-12-8-7-9-14(12)16-15(13)17(21)20(4)18(16)22/h10-11,14-16H,7-9H2,1-6H3/b13-11-/t14?,15-,16-/m1/s1. The summed E-state index contributed by atoms with van der Waals surface area (Å²) in [7, 11) is -0.323. The molecule has 5 heteroatoms. The van der Waals surface area contributed by atoms with Crippen molar-refractivity contribution >= 4 is 20.1 Å². The monoisotopic (exact) mass is 347 g/mol. The fraction of sp³-hybridized carbons (Fsp3) is 0.684. The van der Waals surface area contributed by atoms with E-state index in [9.17, 15) is 9.59 Å². The van der Waals surface area contributed by atoms with Crippen molar-refractivity contribution in [1.82, 2.24) is 4.90 Å². The molecule has 2 fully saturated rings. The summed E-state index contributed by atoms with van der Waals surface area (Å²) < 4.78 is 6.26. The van der Waals surface area contributed by atoms with Crippen LogP contribution in [0.25, 0.3) is 0 Å². The van der Waals surface area contributed by atoms with Crippen molar-refractivity contribution in [3.05, 3.63) is 23.5 Å². The maximum absolute atomic E-state index is 12.7. The van der Waals surface area contributed by atoms with Crippen LogP contribution in [-0.2, 0) is 14.0 Å². The summed E-state index contributed by atoms with van der Waals surface area (Å²) in [5.74, 6) is -0.391. The maximum Gasteiger partial charge on any atom is 0.249 e. The Bertz CT molecular complexity index is 641. The summed E-state index contributed by atoms with van der Waals surface area (Å²) in [5, 5.41) is 0.105. The van der Waals surface area contributed by atoms with Crippen LogP contribution < -0.4 is 0 Å². The van der Waals surface area contributed by atoms with Crippen LogP contribution in [0.5, 0.6) is 0 Å². The maximum atomic E-state index is 12.7. The zero-order chi connectivity index (χ0) is 17.9. The molecule has 3 aliphatic rings. The number of rotatable bonds is 2. The Balaban J connectivity index is 1.98. The van der Waals surface area contributed by atoms with Crippen LogP contribution in [0.2, 0.25) is 18.1 Å². The van der Waals surface area contributed by atoms with Crippen LogP contribution in [-0.4, -0.2) is 32.1 Å². The molecule has 0 radical (unpaired) electrons. The van der Waals surface area contributed by atoms with Crippen LogP contribution >= 0.6 is 0 Å². The lowest BCUT2D eigenvalue weighted by Gasteiger charge is -2.36. The zero-order valence-electron chi connectivity index (χ0n) is 15.7. The van der Waals surface area contributed by atoms with Crippen molar-refractivity contribution in [3.63, 3.8) is 0 Å². The number of fused-ring (bicyclic) bond motifs is 3. The smallest absolute Gasteiger partial charge is 0.249 e. The Labute approximate surface area is 146 Å². The number of allylic oxidation sites excluding steroid dienone is 2. The molecule has 0 bridgehead atoms. The highest BCUT2D eigenvalue weighted by Gasteiger charge is 2.54. The Hall–Kier alpha value is -1.36. The van der Waals surface area contributed by atoms with Gasteiger partial charge in [0.1, 0.15) is 0 Å². The minimum atomic E-state index is -1.94. The quantitative estimate of drug-likeness (QED) is 0.433. The molecular weight excluding hydrogens is 318 g/mol. The number of carbonyl (C=O) groups is 2. The van der Waals surface area contributed by atoms with Crippen molar-refractivity contribution in [2.45, 2.75) is 58.2 Å². The van der Waals surface area contributed by atoms with Gasteiger partial charge in [0, 0.05) is 7.05 Å². The molecule has 3 atom stereocenters. The van der Waals surface area contributed by atoms with E-state index < -0.39 is 8.32 Å². The average Bonchev–Trinajstić information content (AvgIpc) is 3.03. The molecule has 1 saturated carbocycles. The van der Waals surface area contributed by atoms with Gasteiger partial charge in [-0.05, 0) is 48.9 Å². The fourth-order valence-corrected chi connectivity index (χ4v) is 4.67. The molecule has 0 spiro atoms. The predicted octanol–water partition coefficient (Wildman–Crippen LogP) is 3.86. The molecule has 0 aromatic carbocycles. The number of imide groups is 1. The third-order valence-corrected chi connectivity index (χ3v) is 10.8.